The van der Waals surface area contributed by atoms with E-state index in [2.05, 4.69) is 15.3 Å². The molecule has 1 aliphatic rings. The third-order valence-electron chi connectivity index (χ3n) is 4.77. The molecule has 174 valence electrons. The van der Waals surface area contributed by atoms with E-state index >= 15 is 0 Å². The first kappa shape index (κ1) is 22.7. The van der Waals surface area contributed by atoms with Gasteiger partial charge in [-0.1, -0.05) is 6.07 Å². The first-order chi connectivity index (χ1) is 15.8. The van der Waals surface area contributed by atoms with Crippen molar-refractivity contribution in [3.8, 4) is 0 Å². The van der Waals surface area contributed by atoms with E-state index in [0.29, 0.717) is 31.2 Å². The lowest BCUT2D eigenvalue weighted by Crippen LogP contribution is -2.22. The smallest absolute Gasteiger partial charge is 0.433 e. The molecule has 0 bridgehead atoms. The van der Waals surface area contributed by atoms with E-state index in [9.17, 15) is 22.8 Å². The van der Waals surface area contributed by atoms with Crippen molar-refractivity contribution in [2.45, 2.75) is 19.2 Å². The van der Waals surface area contributed by atoms with Crippen molar-refractivity contribution in [1.29, 1.82) is 0 Å². The Labute approximate surface area is 185 Å². The minimum Gasteiger partial charge on any atom is -0.462 e. The molecular formula is C21H19F3N4O5. The number of rotatable bonds is 5. The fraction of sp³-hybridized carbons (Fsp3) is 0.333. The summed E-state index contributed by atoms with van der Waals surface area (Å²) < 4.78 is 56.5. The van der Waals surface area contributed by atoms with Crippen LogP contribution in [-0.2, 0) is 20.4 Å². The summed E-state index contributed by atoms with van der Waals surface area (Å²) in [7, 11) is 0. The molecule has 1 atom stereocenters. The van der Waals surface area contributed by atoms with Crippen LogP contribution in [0.4, 0.5) is 18.9 Å². The number of nitrogens with zero attached hydrogens (tertiary/aromatic N) is 3. The molecule has 4 heterocycles. The zero-order valence-electron chi connectivity index (χ0n) is 17.4. The number of ether oxygens (including phenoxy) is 3. The van der Waals surface area contributed by atoms with Gasteiger partial charge in [0, 0.05) is 12.4 Å². The van der Waals surface area contributed by atoms with Crippen molar-refractivity contribution < 1.29 is 37.0 Å². The van der Waals surface area contributed by atoms with Gasteiger partial charge in [-0.2, -0.15) is 13.2 Å². The van der Waals surface area contributed by atoms with Gasteiger partial charge in [-0.15, -0.1) is 0 Å². The Morgan fingerprint density at radius 1 is 1.24 bits per heavy atom. The van der Waals surface area contributed by atoms with Crippen molar-refractivity contribution in [1.82, 2.24) is 14.4 Å². The second-order valence-corrected chi connectivity index (χ2v) is 7.05. The van der Waals surface area contributed by atoms with Gasteiger partial charge >= 0.3 is 12.1 Å². The lowest BCUT2D eigenvalue weighted by Gasteiger charge is -2.20. The normalized spacial score (nSPS) is 16.5. The number of amides is 1. The highest BCUT2D eigenvalue weighted by molar-refractivity contribution is 6.07. The number of hydrogen-bond acceptors (Lipinski definition) is 7. The van der Waals surface area contributed by atoms with E-state index in [1.807, 2.05) is 0 Å². The van der Waals surface area contributed by atoms with E-state index in [1.165, 1.54) is 12.3 Å². The summed E-state index contributed by atoms with van der Waals surface area (Å²) in [5.41, 5.74) is -0.702. The Kier molecular flexibility index (Phi) is 6.29. The van der Waals surface area contributed by atoms with Crippen LogP contribution in [0.1, 0.15) is 45.3 Å². The Hall–Kier alpha value is -3.51. The van der Waals surface area contributed by atoms with Crippen LogP contribution in [0.2, 0.25) is 0 Å². The molecule has 1 amide bonds. The van der Waals surface area contributed by atoms with Gasteiger partial charge in [0.2, 0.25) is 0 Å². The van der Waals surface area contributed by atoms with Gasteiger partial charge in [-0.05, 0) is 25.1 Å². The van der Waals surface area contributed by atoms with Gasteiger partial charge in [0.05, 0.1) is 43.4 Å². The number of fused-ring (bicyclic) bond motifs is 1. The van der Waals surface area contributed by atoms with Gasteiger partial charge in [-0.3, -0.25) is 4.79 Å². The summed E-state index contributed by atoms with van der Waals surface area (Å²) in [6.45, 7) is 2.92. The average molecular weight is 464 g/mol. The second kappa shape index (κ2) is 9.16. The van der Waals surface area contributed by atoms with Crippen molar-refractivity contribution in [3.05, 3.63) is 59.3 Å². The van der Waals surface area contributed by atoms with Crippen LogP contribution in [0, 0.1) is 0 Å². The summed E-state index contributed by atoms with van der Waals surface area (Å²) in [6, 6.07) is 4.40. The van der Waals surface area contributed by atoms with Gasteiger partial charge in [0.1, 0.15) is 23.1 Å². The van der Waals surface area contributed by atoms with Crippen molar-refractivity contribution in [3.63, 3.8) is 0 Å². The van der Waals surface area contributed by atoms with E-state index in [1.54, 1.807) is 17.5 Å². The highest BCUT2D eigenvalue weighted by atomic mass is 19.4. The molecule has 9 nitrogen and oxygen atoms in total. The number of carbonyl (C=O) groups excluding carboxylic acids is 2. The molecule has 0 aliphatic carbocycles. The first-order valence-electron chi connectivity index (χ1n) is 10.0. The van der Waals surface area contributed by atoms with Crippen LogP contribution < -0.4 is 5.32 Å². The molecule has 3 aromatic heterocycles. The molecule has 1 saturated heterocycles. The van der Waals surface area contributed by atoms with Crippen LogP contribution >= 0.6 is 0 Å². The van der Waals surface area contributed by atoms with Crippen molar-refractivity contribution in [2.75, 3.05) is 31.7 Å². The number of nitrogens with one attached hydrogen (secondary N) is 1. The molecule has 1 aliphatic heterocycles. The Morgan fingerprint density at radius 3 is 2.76 bits per heavy atom. The Balaban J connectivity index is 1.69. The summed E-state index contributed by atoms with van der Waals surface area (Å²) >= 11 is 0. The number of hydrogen-bond donors (Lipinski definition) is 1. The minimum absolute atomic E-state index is 0.0114. The minimum atomic E-state index is -4.70. The van der Waals surface area contributed by atoms with Crippen LogP contribution in [0.3, 0.4) is 0 Å². The first-order valence-corrected chi connectivity index (χ1v) is 10.0. The molecule has 33 heavy (non-hydrogen) atoms. The second-order valence-electron chi connectivity index (χ2n) is 7.05. The molecule has 0 radical (unpaired) electrons. The largest absolute Gasteiger partial charge is 0.462 e. The van der Waals surface area contributed by atoms with Crippen LogP contribution in [0.15, 0.2) is 36.7 Å². The molecule has 4 rings (SSSR count). The van der Waals surface area contributed by atoms with Crippen LogP contribution in [0.5, 0.6) is 0 Å². The summed E-state index contributed by atoms with van der Waals surface area (Å²) in [4.78, 5) is 33.0. The maximum atomic E-state index is 13.0. The molecular weight excluding hydrogens is 445 g/mol. The molecule has 12 heteroatoms. The highest BCUT2D eigenvalue weighted by Crippen LogP contribution is 2.28. The summed E-state index contributed by atoms with van der Waals surface area (Å²) in [5.74, 6) is -1.65. The number of carbonyl (C=O) groups is 2. The van der Waals surface area contributed by atoms with Crippen molar-refractivity contribution in [2.24, 2.45) is 0 Å². The summed E-state index contributed by atoms with van der Waals surface area (Å²) in [6.07, 6.45) is -2.02. The fourth-order valence-corrected chi connectivity index (χ4v) is 3.25. The van der Waals surface area contributed by atoms with Gasteiger partial charge in [-0.25, -0.2) is 14.8 Å². The van der Waals surface area contributed by atoms with Crippen molar-refractivity contribution >= 4 is 23.2 Å². The zero-order valence-corrected chi connectivity index (χ0v) is 17.4. The number of halogens is 3. The SMILES string of the molecule is CCOC(=O)c1cc2nc(C3COCCO3)cn2cc1NC(=O)c1cccc(C(F)(F)F)n1. The number of anilines is 1. The Morgan fingerprint density at radius 2 is 2.06 bits per heavy atom. The number of pyridine rings is 2. The quantitative estimate of drug-likeness (QED) is 0.578. The molecule has 1 fully saturated rings. The fourth-order valence-electron chi connectivity index (χ4n) is 3.25. The van der Waals surface area contributed by atoms with E-state index in [4.69, 9.17) is 14.2 Å². The Bertz CT molecular complexity index is 1190. The molecule has 1 N–H and O–H groups in total. The maximum absolute atomic E-state index is 13.0. The topological polar surface area (TPSA) is 104 Å². The maximum Gasteiger partial charge on any atom is 0.433 e. The third-order valence-corrected chi connectivity index (χ3v) is 4.77. The predicted octanol–water partition coefficient (Wildman–Crippen LogP) is 3.27. The molecule has 0 saturated carbocycles. The molecule has 0 spiro atoms. The van der Waals surface area contributed by atoms with Crippen LogP contribution in [-0.4, -0.2) is 52.7 Å². The third kappa shape index (κ3) is 4.96. The highest BCUT2D eigenvalue weighted by Gasteiger charge is 2.33. The summed E-state index contributed by atoms with van der Waals surface area (Å²) in [5, 5.41) is 2.45. The number of alkyl halides is 3. The number of esters is 1. The van der Waals surface area contributed by atoms with Gasteiger partial charge in [0.15, 0.2) is 0 Å². The lowest BCUT2D eigenvalue weighted by atomic mass is 10.2. The lowest BCUT2D eigenvalue weighted by molar-refractivity contribution is -0.141. The standard InChI is InChI=1S/C21H19F3N4O5/c1-2-32-20(30)12-8-18-26-15(16-11-31-6-7-33-16)10-28(18)9-14(12)27-19(29)13-4-3-5-17(25-13)21(22,23)24/h3-5,8-10,16H,2,6-7,11H2,1H3,(H,27,29). The van der Waals surface area contributed by atoms with E-state index in [0.717, 1.165) is 18.2 Å². The average Bonchev–Trinajstić information content (AvgIpc) is 3.22. The van der Waals surface area contributed by atoms with Gasteiger partial charge in [0.25, 0.3) is 5.91 Å². The van der Waals surface area contributed by atoms with E-state index in [-0.39, 0.29) is 17.9 Å². The number of imidazole rings is 1. The number of aromatic nitrogens is 3. The van der Waals surface area contributed by atoms with E-state index < -0.39 is 35.5 Å². The molecule has 1 unspecified atom stereocenters. The van der Waals surface area contributed by atoms with Gasteiger partial charge < -0.3 is 23.9 Å². The predicted molar refractivity (Wildman–Crippen MR) is 108 cm³/mol. The zero-order chi connectivity index (χ0) is 23.6. The molecule has 3 aromatic rings. The van der Waals surface area contributed by atoms with Crippen LogP contribution in [0.25, 0.3) is 5.65 Å². The monoisotopic (exact) mass is 464 g/mol. The molecule has 0 aromatic carbocycles.